The van der Waals surface area contributed by atoms with E-state index in [9.17, 15) is 13.6 Å². The summed E-state index contributed by atoms with van der Waals surface area (Å²) in [5, 5.41) is 11.7. The molecule has 1 saturated heterocycles. The van der Waals surface area contributed by atoms with Crippen LogP contribution in [0.4, 0.5) is 8.78 Å². The van der Waals surface area contributed by atoms with Crippen molar-refractivity contribution in [1.29, 1.82) is 0 Å². The van der Waals surface area contributed by atoms with Crippen molar-refractivity contribution in [3.63, 3.8) is 0 Å². The van der Waals surface area contributed by atoms with Crippen molar-refractivity contribution in [3.05, 3.63) is 29.8 Å². The summed E-state index contributed by atoms with van der Waals surface area (Å²) in [5.41, 5.74) is 0.708. The van der Waals surface area contributed by atoms with Crippen molar-refractivity contribution in [2.45, 2.75) is 38.1 Å². The minimum absolute atomic E-state index is 0.00250. The van der Waals surface area contributed by atoms with Gasteiger partial charge in [-0.3, -0.25) is 4.79 Å². The first-order valence-corrected chi connectivity index (χ1v) is 7.13. The summed E-state index contributed by atoms with van der Waals surface area (Å²) in [6.07, 6.45) is 1.56. The van der Waals surface area contributed by atoms with E-state index in [1.165, 1.54) is 12.1 Å². The van der Waals surface area contributed by atoms with E-state index in [4.69, 9.17) is 9.84 Å². The van der Waals surface area contributed by atoms with Crippen LogP contribution in [0.25, 0.3) is 0 Å². The summed E-state index contributed by atoms with van der Waals surface area (Å²) in [6.45, 7) is -2.46. The number of carbonyl (C=O) groups is 1. The fourth-order valence-electron chi connectivity index (χ4n) is 2.33. The van der Waals surface area contributed by atoms with Gasteiger partial charge in [-0.2, -0.15) is 8.78 Å². The maximum Gasteiger partial charge on any atom is 0.387 e. The van der Waals surface area contributed by atoms with Gasteiger partial charge in [-0.1, -0.05) is 12.1 Å². The standard InChI is InChI=1S/C15H19F2NO4/c16-15(17)22-11-3-1-10(2-4-11)7-14(20)18-8-12-5-6-13(9-19)21-12/h1-4,12-13,15,19H,5-9H2,(H,18,20)/t12-,13+/m1/s1. The number of hydrogen-bond acceptors (Lipinski definition) is 4. The first-order valence-electron chi connectivity index (χ1n) is 7.13. The van der Waals surface area contributed by atoms with Gasteiger partial charge < -0.3 is 19.9 Å². The van der Waals surface area contributed by atoms with Gasteiger partial charge in [0.1, 0.15) is 5.75 Å². The Morgan fingerprint density at radius 3 is 2.59 bits per heavy atom. The second-order valence-corrected chi connectivity index (χ2v) is 5.14. The number of carbonyl (C=O) groups excluding carboxylic acids is 1. The van der Waals surface area contributed by atoms with Gasteiger partial charge in [-0.05, 0) is 30.5 Å². The zero-order chi connectivity index (χ0) is 15.9. The summed E-state index contributed by atoms with van der Waals surface area (Å²) in [4.78, 5) is 11.8. The summed E-state index contributed by atoms with van der Waals surface area (Å²) >= 11 is 0. The molecule has 2 N–H and O–H groups in total. The Bertz CT molecular complexity index is 481. The van der Waals surface area contributed by atoms with Crippen molar-refractivity contribution < 1.29 is 28.2 Å². The molecule has 0 radical (unpaired) electrons. The molecule has 0 aromatic heterocycles. The van der Waals surface area contributed by atoms with Crippen molar-refractivity contribution in [2.24, 2.45) is 0 Å². The van der Waals surface area contributed by atoms with Gasteiger partial charge in [0.15, 0.2) is 0 Å². The van der Waals surface area contributed by atoms with Gasteiger partial charge in [0.05, 0.1) is 25.2 Å². The molecule has 0 spiro atoms. The van der Waals surface area contributed by atoms with Gasteiger partial charge in [-0.25, -0.2) is 0 Å². The third kappa shape index (κ3) is 5.23. The lowest BCUT2D eigenvalue weighted by molar-refractivity contribution is -0.121. The Labute approximate surface area is 127 Å². The van der Waals surface area contributed by atoms with Crippen LogP contribution in [0.15, 0.2) is 24.3 Å². The molecule has 0 unspecified atom stereocenters. The Morgan fingerprint density at radius 1 is 1.32 bits per heavy atom. The van der Waals surface area contributed by atoms with Gasteiger partial charge in [0, 0.05) is 6.54 Å². The third-order valence-electron chi connectivity index (χ3n) is 3.44. The third-order valence-corrected chi connectivity index (χ3v) is 3.44. The zero-order valence-corrected chi connectivity index (χ0v) is 12.0. The van der Waals surface area contributed by atoms with Crippen LogP contribution in [0.5, 0.6) is 5.75 Å². The van der Waals surface area contributed by atoms with E-state index in [-0.39, 0.29) is 36.9 Å². The van der Waals surface area contributed by atoms with E-state index in [1.807, 2.05) is 0 Å². The molecule has 1 fully saturated rings. The Balaban J connectivity index is 1.72. The van der Waals surface area contributed by atoms with Crippen LogP contribution < -0.4 is 10.1 Å². The second kappa shape index (κ2) is 8.05. The quantitative estimate of drug-likeness (QED) is 0.800. The number of rotatable bonds is 7. The predicted octanol–water partition coefficient (Wildman–Crippen LogP) is 1.49. The molecule has 7 heteroatoms. The van der Waals surface area contributed by atoms with Gasteiger partial charge in [0.2, 0.25) is 5.91 Å². The van der Waals surface area contributed by atoms with Gasteiger partial charge >= 0.3 is 6.61 Å². The largest absolute Gasteiger partial charge is 0.435 e. The van der Waals surface area contributed by atoms with Crippen molar-refractivity contribution in [2.75, 3.05) is 13.2 Å². The van der Waals surface area contributed by atoms with Crippen LogP contribution in [-0.4, -0.2) is 43.0 Å². The summed E-state index contributed by atoms with van der Waals surface area (Å²) in [5.74, 6) is -0.105. The molecule has 22 heavy (non-hydrogen) atoms. The summed E-state index contributed by atoms with van der Waals surface area (Å²) in [7, 11) is 0. The Kier molecular flexibility index (Phi) is 6.09. The van der Waals surface area contributed by atoms with Crippen LogP contribution >= 0.6 is 0 Å². The SMILES string of the molecule is O=C(Cc1ccc(OC(F)F)cc1)NC[C@H]1CC[C@@H](CO)O1. The lowest BCUT2D eigenvalue weighted by Crippen LogP contribution is -2.33. The van der Waals surface area contributed by atoms with Crippen molar-refractivity contribution in [3.8, 4) is 5.75 Å². The molecule has 0 aliphatic carbocycles. The topological polar surface area (TPSA) is 67.8 Å². The molecule has 2 rings (SSSR count). The van der Waals surface area contributed by atoms with E-state index in [2.05, 4.69) is 10.1 Å². The molecule has 1 heterocycles. The van der Waals surface area contributed by atoms with E-state index in [0.29, 0.717) is 12.1 Å². The molecular formula is C15H19F2NO4. The number of aliphatic hydroxyl groups excluding tert-OH is 1. The number of nitrogens with one attached hydrogen (secondary N) is 1. The second-order valence-electron chi connectivity index (χ2n) is 5.14. The minimum Gasteiger partial charge on any atom is -0.435 e. The van der Waals surface area contributed by atoms with Crippen LogP contribution in [0, 0.1) is 0 Å². The van der Waals surface area contributed by atoms with Crippen molar-refractivity contribution in [1.82, 2.24) is 5.32 Å². The number of aliphatic hydroxyl groups is 1. The normalized spacial score (nSPS) is 21.1. The highest BCUT2D eigenvalue weighted by Gasteiger charge is 2.24. The zero-order valence-electron chi connectivity index (χ0n) is 12.0. The molecule has 1 amide bonds. The first kappa shape index (κ1) is 16.6. The number of halogens is 2. The van der Waals surface area contributed by atoms with Gasteiger partial charge in [-0.15, -0.1) is 0 Å². The molecule has 5 nitrogen and oxygen atoms in total. The fourth-order valence-corrected chi connectivity index (χ4v) is 2.33. The molecule has 1 aromatic carbocycles. The monoisotopic (exact) mass is 315 g/mol. The minimum atomic E-state index is -2.86. The fraction of sp³-hybridized carbons (Fsp3) is 0.533. The highest BCUT2D eigenvalue weighted by atomic mass is 19.3. The predicted molar refractivity (Wildman–Crippen MR) is 74.8 cm³/mol. The van der Waals surface area contributed by atoms with E-state index < -0.39 is 6.61 Å². The lowest BCUT2D eigenvalue weighted by atomic mass is 10.1. The average Bonchev–Trinajstić information content (AvgIpc) is 2.95. The van der Waals surface area contributed by atoms with Crippen LogP contribution in [-0.2, 0) is 16.0 Å². The number of benzene rings is 1. The van der Waals surface area contributed by atoms with Crippen molar-refractivity contribution >= 4 is 5.91 Å². The number of amides is 1. The molecule has 2 atom stereocenters. The maximum absolute atomic E-state index is 12.0. The van der Waals surface area contributed by atoms with Gasteiger partial charge in [0.25, 0.3) is 0 Å². The molecule has 1 aromatic rings. The Morgan fingerprint density at radius 2 is 2.00 bits per heavy atom. The number of ether oxygens (including phenoxy) is 2. The van der Waals surface area contributed by atoms with E-state index >= 15 is 0 Å². The molecule has 1 aliphatic heterocycles. The maximum atomic E-state index is 12.0. The molecule has 0 bridgehead atoms. The van der Waals surface area contributed by atoms with Crippen LogP contribution in [0.3, 0.4) is 0 Å². The first-order chi connectivity index (χ1) is 10.6. The smallest absolute Gasteiger partial charge is 0.387 e. The van der Waals surface area contributed by atoms with E-state index in [1.54, 1.807) is 12.1 Å². The van der Waals surface area contributed by atoms with Crippen LogP contribution in [0.1, 0.15) is 18.4 Å². The van der Waals surface area contributed by atoms with Crippen LogP contribution in [0.2, 0.25) is 0 Å². The van der Waals surface area contributed by atoms with E-state index in [0.717, 1.165) is 12.8 Å². The molecule has 1 aliphatic rings. The summed E-state index contributed by atoms with van der Waals surface area (Å²) < 4.78 is 33.8. The highest BCUT2D eigenvalue weighted by Crippen LogP contribution is 2.18. The Hall–Kier alpha value is -1.73. The molecular weight excluding hydrogens is 296 g/mol. The highest BCUT2D eigenvalue weighted by molar-refractivity contribution is 5.78. The lowest BCUT2D eigenvalue weighted by Gasteiger charge is -2.13. The average molecular weight is 315 g/mol. The molecule has 0 saturated carbocycles. The number of hydrogen-bond donors (Lipinski definition) is 2. The molecule has 122 valence electrons. The number of alkyl halides is 2. The summed E-state index contributed by atoms with van der Waals surface area (Å²) in [6, 6.07) is 5.96.